The summed E-state index contributed by atoms with van der Waals surface area (Å²) in [7, 11) is -1.22. The minimum absolute atomic E-state index is 0. The topological polar surface area (TPSA) is 61.8 Å². The number of aliphatic imine (C=N–C) groups is 1. The molecule has 0 spiro atoms. The van der Waals surface area contributed by atoms with Crippen LogP contribution in [0.4, 0.5) is 0 Å². The van der Waals surface area contributed by atoms with Crippen molar-refractivity contribution in [3.05, 3.63) is 0 Å². The highest BCUT2D eigenvalue weighted by Gasteiger charge is 2.41. The number of rotatable bonds is 3. The lowest BCUT2D eigenvalue weighted by Crippen LogP contribution is -2.57. The summed E-state index contributed by atoms with van der Waals surface area (Å²) >= 11 is 0. The largest absolute Gasteiger partial charge is 0.356 e. The average molecular weight is 485 g/mol. The number of halogens is 1. The fourth-order valence-electron chi connectivity index (χ4n) is 3.95. The second-order valence-electron chi connectivity index (χ2n) is 8.45. The van der Waals surface area contributed by atoms with E-state index in [9.17, 15) is 8.42 Å². The maximum absolute atomic E-state index is 12.2. The lowest BCUT2D eigenvalue weighted by molar-refractivity contribution is 0.223. The standard InChI is InChI=1S/C18H35N3O2S.HI/c1-14(2)16-8-6-15(7-9-16)12-20-17(19-5)21-10-11-24(22,23)18(3,4)13-21;/h14-16H,6-13H2,1-5H3,(H,19,20);1H. The number of guanidine groups is 1. The Morgan fingerprint density at radius 1 is 1.24 bits per heavy atom. The third-order valence-corrected chi connectivity index (χ3v) is 8.47. The maximum Gasteiger partial charge on any atom is 0.193 e. The summed E-state index contributed by atoms with van der Waals surface area (Å²) in [6, 6.07) is 0. The molecular formula is C18H36IN3O2S. The van der Waals surface area contributed by atoms with Crippen LogP contribution in [0.1, 0.15) is 53.4 Å². The molecule has 7 heteroatoms. The van der Waals surface area contributed by atoms with E-state index in [2.05, 4.69) is 29.1 Å². The first-order chi connectivity index (χ1) is 11.2. The van der Waals surface area contributed by atoms with E-state index >= 15 is 0 Å². The van der Waals surface area contributed by atoms with Crippen molar-refractivity contribution in [2.45, 2.75) is 58.1 Å². The van der Waals surface area contributed by atoms with Gasteiger partial charge in [-0.25, -0.2) is 8.42 Å². The van der Waals surface area contributed by atoms with Gasteiger partial charge in [-0.15, -0.1) is 24.0 Å². The predicted molar refractivity (Wildman–Crippen MR) is 117 cm³/mol. The first-order valence-electron chi connectivity index (χ1n) is 9.34. The SMILES string of the molecule is CN=C(NCC1CCC(C(C)C)CC1)N1CCS(=O)(=O)C(C)(C)C1.I. The number of hydrogen-bond acceptors (Lipinski definition) is 3. The van der Waals surface area contributed by atoms with Gasteiger partial charge in [0.25, 0.3) is 0 Å². The van der Waals surface area contributed by atoms with Crippen LogP contribution in [0.15, 0.2) is 4.99 Å². The van der Waals surface area contributed by atoms with Crippen molar-refractivity contribution in [2.75, 3.05) is 32.4 Å². The van der Waals surface area contributed by atoms with E-state index in [0.29, 0.717) is 19.0 Å². The molecule has 2 fully saturated rings. The fraction of sp³-hybridized carbons (Fsp3) is 0.944. The summed E-state index contributed by atoms with van der Waals surface area (Å²) < 4.78 is 23.6. The molecule has 1 aliphatic carbocycles. The van der Waals surface area contributed by atoms with Crippen LogP contribution in [0.2, 0.25) is 0 Å². The van der Waals surface area contributed by atoms with Crippen molar-refractivity contribution >= 4 is 39.8 Å². The van der Waals surface area contributed by atoms with Gasteiger partial charge in [0.15, 0.2) is 15.8 Å². The summed E-state index contributed by atoms with van der Waals surface area (Å²) in [4.78, 5) is 6.49. The zero-order chi connectivity index (χ0) is 18.0. The van der Waals surface area contributed by atoms with Crippen LogP contribution in [0.5, 0.6) is 0 Å². The molecule has 0 radical (unpaired) electrons. The zero-order valence-corrected chi connectivity index (χ0v) is 19.6. The molecule has 0 bridgehead atoms. The normalized spacial score (nSPS) is 29.2. The van der Waals surface area contributed by atoms with E-state index in [1.165, 1.54) is 25.7 Å². The first kappa shape index (κ1) is 23.0. The van der Waals surface area contributed by atoms with Gasteiger partial charge in [-0.05, 0) is 57.3 Å². The molecule has 1 heterocycles. The van der Waals surface area contributed by atoms with Crippen LogP contribution in [-0.2, 0) is 9.84 Å². The number of nitrogens with one attached hydrogen (secondary N) is 1. The van der Waals surface area contributed by atoms with E-state index < -0.39 is 14.6 Å². The second kappa shape index (κ2) is 9.24. The molecular weight excluding hydrogens is 449 g/mol. The quantitative estimate of drug-likeness (QED) is 0.379. The minimum atomic E-state index is -3.01. The molecule has 1 aliphatic heterocycles. The van der Waals surface area contributed by atoms with Gasteiger partial charge in [0.05, 0.1) is 10.5 Å². The molecule has 0 amide bonds. The molecule has 2 aliphatic rings. The van der Waals surface area contributed by atoms with Crippen LogP contribution in [-0.4, -0.2) is 56.5 Å². The Balaban J connectivity index is 0.00000312. The van der Waals surface area contributed by atoms with Gasteiger partial charge >= 0.3 is 0 Å². The highest BCUT2D eigenvalue weighted by molar-refractivity contribution is 14.0. The average Bonchev–Trinajstić information content (AvgIpc) is 2.51. The monoisotopic (exact) mass is 485 g/mol. The second-order valence-corrected chi connectivity index (χ2v) is 11.2. The molecule has 148 valence electrons. The Hall–Kier alpha value is -0.0500. The Morgan fingerprint density at radius 2 is 1.84 bits per heavy atom. The lowest BCUT2D eigenvalue weighted by atomic mass is 9.77. The van der Waals surface area contributed by atoms with Crippen LogP contribution in [0.3, 0.4) is 0 Å². The number of sulfone groups is 1. The Morgan fingerprint density at radius 3 is 2.32 bits per heavy atom. The van der Waals surface area contributed by atoms with Gasteiger partial charge < -0.3 is 10.2 Å². The molecule has 0 aromatic rings. The van der Waals surface area contributed by atoms with Crippen molar-refractivity contribution in [1.29, 1.82) is 0 Å². The summed E-state index contributed by atoms with van der Waals surface area (Å²) in [5, 5.41) is 3.50. The van der Waals surface area contributed by atoms with Crippen molar-refractivity contribution in [2.24, 2.45) is 22.7 Å². The van der Waals surface area contributed by atoms with Gasteiger partial charge in [0.2, 0.25) is 0 Å². The van der Waals surface area contributed by atoms with E-state index in [0.717, 1.165) is 24.3 Å². The van der Waals surface area contributed by atoms with Crippen molar-refractivity contribution in [3.63, 3.8) is 0 Å². The maximum atomic E-state index is 12.2. The summed E-state index contributed by atoms with van der Waals surface area (Å²) in [5.74, 6) is 3.44. The molecule has 0 aromatic carbocycles. The Bertz CT molecular complexity index is 553. The van der Waals surface area contributed by atoms with E-state index in [1.807, 2.05) is 13.8 Å². The zero-order valence-electron chi connectivity index (χ0n) is 16.4. The van der Waals surface area contributed by atoms with Gasteiger partial charge in [0.1, 0.15) is 0 Å². The Labute approximate surface area is 171 Å². The van der Waals surface area contributed by atoms with Crippen molar-refractivity contribution in [3.8, 4) is 0 Å². The van der Waals surface area contributed by atoms with Crippen LogP contribution >= 0.6 is 24.0 Å². The molecule has 0 unspecified atom stereocenters. The molecule has 0 atom stereocenters. The van der Waals surface area contributed by atoms with Crippen molar-refractivity contribution in [1.82, 2.24) is 10.2 Å². The number of hydrogen-bond donors (Lipinski definition) is 1. The van der Waals surface area contributed by atoms with Crippen LogP contribution < -0.4 is 5.32 Å². The van der Waals surface area contributed by atoms with Crippen molar-refractivity contribution < 1.29 is 8.42 Å². The lowest BCUT2D eigenvalue weighted by Gasteiger charge is -2.39. The van der Waals surface area contributed by atoms with Crippen LogP contribution in [0, 0.1) is 17.8 Å². The fourth-order valence-corrected chi connectivity index (χ4v) is 5.32. The third kappa shape index (κ3) is 5.71. The molecule has 0 aromatic heterocycles. The number of nitrogens with zero attached hydrogens (tertiary/aromatic N) is 2. The molecule has 1 saturated heterocycles. The summed E-state index contributed by atoms with van der Waals surface area (Å²) in [6.45, 7) is 10.3. The Kier molecular flexibility index (Phi) is 8.50. The molecule has 2 rings (SSSR count). The predicted octanol–water partition coefficient (Wildman–Crippen LogP) is 3.15. The first-order valence-corrected chi connectivity index (χ1v) is 11.0. The van der Waals surface area contributed by atoms with Gasteiger partial charge in [-0.3, -0.25) is 4.99 Å². The molecule has 25 heavy (non-hydrogen) atoms. The molecule has 1 saturated carbocycles. The summed E-state index contributed by atoms with van der Waals surface area (Å²) in [6.07, 6.45) is 5.23. The van der Waals surface area contributed by atoms with E-state index in [4.69, 9.17) is 0 Å². The molecule has 1 N–H and O–H groups in total. The van der Waals surface area contributed by atoms with Gasteiger partial charge in [0, 0.05) is 26.7 Å². The van der Waals surface area contributed by atoms with E-state index in [-0.39, 0.29) is 29.7 Å². The minimum Gasteiger partial charge on any atom is -0.356 e. The summed E-state index contributed by atoms with van der Waals surface area (Å²) in [5.41, 5.74) is 0. The smallest absolute Gasteiger partial charge is 0.193 e. The third-order valence-electron chi connectivity index (χ3n) is 5.94. The van der Waals surface area contributed by atoms with Gasteiger partial charge in [-0.1, -0.05) is 13.8 Å². The highest BCUT2D eigenvalue weighted by Crippen LogP contribution is 2.33. The van der Waals surface area contributed by atoms with Gasteiger partial charge in [-0.2, -0.15) is 0 Å². The molecule has 5 nitrogen and oxygen atoms in total. The van der Waals surface area contributed by atoms with Crippen LogP contribution in [0.25, 0.3) is 0 Å². The highest BCUT2D eigenvalue weighted by atomic mass is 127. The van der Waals surface area contributed by atoms with E-state index in [1.54, 1.807) is 7.05 Å².